The Morgan fingerprint density at radius 3 is 1.88 bits per heavy atom. The lowest BCUT2D eigenvalue weighted by Gasteiger charge is -2.28. The number of carbonyl (C=O) groups is 1. The molecule has 0 aliphatic heterocycles. The van der Waals surface area contributed by atoms with Crippen LogP contribution in [0, 0.1) is 0 Å². The number of hydrogen-bond donors (Lipinski definition) is 0. The third-order valence-electron chi connectivity index (χ3n) is 4.03. The van der Waals surface area contributed by atoms with Crippen molar-refractivity contribution >= 4 is 19.7 Å². The summed E-state index contributed by atoms with van der Waals surface area (Å²) in [6.07, 6.45) is 1.11. The second-order valence-corrected chi connectivity index (χ2v) is 11.9. The maximum atomic E-state index is 12.4. The fourth-order valence-corrected chi connectivity index (χ4v) is 2.63. The highest BCUT2D eigenvalue weighted by atomic mass is 28.3. The molecule has 0 aromatic heterocycles. The first-order valence-electron chi connectivity index (χ1n) is 8.33. The van der Waals surface area contributed by atoms with E-state index in [1.54, 1.807) is 0 Å². The number of benzene rings is 2. The number of hydrogen-bond acceptors (Lipinski definition) is 3. The van der Waals surface area contributed by atoms with Gasteiger partial charge in [0.2, 0.25) is 0 Å². The standard InChI is InChI=1S/C20H26N2OSi/c1-22(24(2,3)4)21-19(17-11-7-5-8-12-17)15-16-20(23)18-13-9-6-10-14-18/h5-14H,15-16H2,1-4H3. The van der Waals surface area contributed by atoms with Crippen LogP contribution in [0.4, 0.5) is 0 Å². The van der Waals surface area contributed by atoms with E-state index in [9.17, 15) is 4.79 Å². The predicted molar refractivity (Wildman–Crippen MR) is 104 cm³/mol. The Morgan fingerprint density at radius 1 is 0.875 bits per heavy atom. The second kappa shape index (κ2) is 8.06. The summed E-state index contributed by atoms with van der Waals surface area (Å²) < 4.78 is 2.10. The van der Waals surface area contributed by atoms with E-state index in [1.807, 2.05) is 55.6 Å². The Kier molecular flexibility index (Phi) is 6.09. The minimum atomic E-state index is -1.52. The van der Waals surface area contributed by atoms with Crippen molar-refractivity contribution in [3.63, 3.8) is 0 Å². The van der Waals surface area contributed by atoms with Gasteiger partial charge in [-0.1, -0.05) is 80.3 Å². The Morgan fingerprint density at radius 2 is 1.38 bits per heavy atom. The summed E-state index contributed by atoms with van der Waals surface area (Å²) in [5, 5.41) is 4.84. The molecule has 4 heteroatoms. The van der Waals surface area contributed by atoms with Gasteiger partial charge in [0.05, 0.1) is 5.71 Å². The highest BCUT2D eigenvalue weighted by molar-refractivity contribution is 6.73. The molecule has 0 heterocycles. The molecule has 2 rings (SSSR count). The van der Waals surface area contributed by atoms with E-state index in [1.165, 1.54) is 0 Å². The molecule has 0 aliphatic carbocycles. The zero-order valence-corrected chi connectivity index (χ0v) is 16.0. The molecular formula is C20H26N2OSi. The Hall–Kier alpha value is -2.20. The topological polar surface area (TPSA) is 32.7 Å². The lowest BCUT2D eigenvalue weighted by molar-refractivity contribution is 0.0985. The van der Waals surface area contributed by atoms with Gasteiger partial charge < -0.3 is 4.67 Å². The van der Waals surface area contributed by atoms with E-state index in [2.05, 4.69) is 36.4 Å². The number of nitrogens with zero attached hydrogens (tertiary/aromatic N) is 2. The Labute approximate surface area is 146 Å². The van der Waals surface area contributed by atoms with Crippen LogP contribution in [0.3, 0.4) is 0 Å². The molecule has 0 saturated carbocycles. The minimum Gasteiger partial charge on any atom is -0.327 e. The summed E-state index contributed by atoms with van der Waals surface area (Å²) in [4.78, 5) is 12.4. The molecule has 24 heavy (non-hydrogen) atoms. The second-order valence-electron chi connectivity index (χ2n) is 6.90. The zero-order chi connectivity index (χ0) is 17.6. The smallest absolute Gasteiger partial charge is 0.168 e. The van der Waals surface area contributed by atoms with Gasteiger partial charge >= 0.3 is 0 Å². The lowest BCUT2D eigenvalue weighted by Crippen LogP contribution is -2.40. The fourth-order valence-electron chi connectivity index (χ4n) is 2.21. The molecule has 0 radical (unpaired) electrons. The molecule has 0 N–H and O–H groups in total. The van der Waals surface area contributed by atoms with Gasteiger partial charge in [-0.3, -0.25) is 4.79 Å². The van der Waals surface area contributed by atoms with Crippen molar-refractivity contribution < 1.29 is 4.79 Å². The van der Waals surface area contributed by atoms with Crippen LogP contribution in [-0.4, -0.2) is 31.5 Å². The van der Waals surface area contributed by atoms with Gasteiger partial charge in [0.15, 0.2) is 14.0 Å². The molecule has 0 aliphatic rings. The van der Waals surface area contributed by atoms with Crippen molar-refractivity contribution in [2.75, 3.05) is 7.05 Å². The summed E-state index contributed by atoms with van der Waals surface area (Å²) in [6, 6.07) is 19.6. The third-order valence-corrected chi connectivity index (χ3v) is 6.07. The van der Waals surface area contributed by atoms with Crippen LogP contribution in [0.15, 0.2) is 65.8 Å². The largest absolute Gasteiger partial charge is 0.327 e. The van der Waals surface area contributed by atoms with E-state index in [0.717, 1.165) is 16.8 Å². The van der Waals surface area contributed by atoms with E-state index >= 15 is 0 Å². The van der Waals surface area contributed by atoms with Crippen LogP contribution in [0.1, 0.15) is 28.8 Å². The van der Waals surface area contributed by atoms with Gasteiger partial charge in [0.1, 0.15) is 0 Å². The summed E-state index contributed by atoms with van der Waals surface area (Å²) in [5.74, 6) is 0.162. The van der Waals surface area contributed by atoms with Gasteiger partial charge in [0.25, 0.3) is 0 Å². The molecule has 0 unspecified atom stereocenters. The lowest BCUT2D eigenvalue weighted by atomic mass is 10.0. The molecule has 0 bridgehead atoms. The monoisotopic (exact) mass is 338 g/mol. The molecule has 3 nitrogen and oxygen atoms in total. The summed E-state index contributed by atoms with van der Waals surface area (Å²) in [6.45, 7) is 6.77. The molecular weight excluding hydrogens is 312 g/mol. The van der Waals surface area contributed by atoms with Crippen LogP contribution in [0.5, 0.6) is 0 Å². The summed E-state index contributed by atoms with van der Waals surface area (Å²) >= 11 is 0. The SMILES string of the molecule is CN(N=C(CCC(=O)c1ccccc1)c1ccccc1)[Si](C)(C)C. The van der Waals surface area contributed by atoms with Crippen LogP contribution in [0.2, 0.25) is 19.6 Å². The third kappa shape index (κ3) is 5.17. The highest BCUT2D eigenvalue weighted by Crippen LogP contribution is 2.14. The molecule has 0 spiro atoms. The van der Waals surface area contributed by atoms with Gasteiger partial charge in [0, 0.05) is 19.0 Å². The quantitative estimate of drug-likeness (QED) is 0.314. The van der Waals surface area contributed by atoms with Crippen molar-refractivity contribution in [2.45, 2.75) is 32.5 Å². The number of Topliss-reactive ketones (excluding diaryl/α,β-unsaturated/α-hetero) is 1. The number of hydrazone groups is 1. The van der Waals surface area contributed by atoms with Crippen molar-refractivity contribution in [3.8, 4) is 0 Å². The molecule has 0 saturated heterocycles. The minimum absolute atomic E-state index is 0.162. The Balaban J connectivity index is 2.18. The van der Waals surface area contributed by atoms with Gasteiger partial charge in [-0.25, -0.2) is 0 Å². The fraction of sp³-hybridized carbons (Fsp3) is 0.300. The maximum Gasteiger partial charge on any atom is 0.168 e. The van der Waals surface area contributed by atoms with E-state index in [4.69, 9.17) is 5.10 Å². The van der Waals surface area contributed by atoms with Gasteiger partial charge in [-0.15, -0.1) is 0 Å². The Bertz CT molecular complexity index is 691. The van der Waals surface area contributed by atoms with Crippen molar-refractivity contribution in [1.29, 1.82) is 0 Å². The normalized spacial score (nSPS) is 12.1. The van der Waals surface area contributed by atoms with E-state index in [-0.39, 0.29) is 5.78 Å². The molecule has 2 aromatic rings. The first-order valence-corrected chi connectivity index (χ1v) is 11.8. The average molecular weight is 339 g/mol. The molecule has 2 aromatic carbocycles. The van der Waals surface area contributed by atoms with E-state index < -0.39 is 8.24 Å². The number of rotatable bonds is 7. The van der Waals surface area contributed by atoms with Crippen molar-refractivity contribution in [2.24, 2.45) is 5.10 Å². The predicted octanol–water partition coefficient (Wildman–Crippen LogP) is 4.82. The first-order chi connectivity index (χ1) is 11.4. The van der Waals surface area contributed by atoms with Crippen LogP contribution in [-0.2, 0) is 0 Å². The molecule has 0 atom stereocenters. The molecule has 0 fully saturated rings. The zero-order valence-electron chi connectivity index (χ0n) is 15.0. The van der Waals surface area contributed by atoms with Crippen LogP contribution in [0.25, 0.3) is 0 Å². The van der Waals surface area contributed by atoms with Crippen LogP contribution < -0.4 is 0 Å². The van der Waals surface area contributed by atoms with Crippen molar-refractivity contribution in [3.05, 3.63) is 71.8 Å². The van der Waals surface area contributed by atoms with Crippen molar-refractivity contribution in [1.82, 2.24) is 4.67 Å². The molecule has 126 valence electrons. The van der Waals surface area contributed by atoms with Crippen LogP contribution >= 0.6 is 0 Å². The summed E-state index contributed by atoms with van der Waals surface area (Å²) in [5.41, 5.74) is 2.83. The maximum absolute atomic E-state index is 12.4. The first kappa shape index (κ1) is 18.1. The van der Waals surface area contributed by atoms with Gasteiger partial charge in [-0.2, -0.15) is 5.10 Å². The summed E-state index contributed by atoms with van der Waals surface area (Å²) in [7, 11) is 0.520. The highest BCUT2D eigenvalue weighted by Gasteiger charge is 2.20. The number of carbonyl (C=O) groups excluding carboxylic acids is 1. The average Bonchev–Trinajstić information content (AvgIpc) is 2.58. The number of ketones is 1. The molecule has 0 amide bonds. The van der Waals surface area contributed by atoms with E-state index in [0.29, 0.717) is 12.8 Å². The van der Waals surface area contributed by atoms with Gasteiger partial charge in [-0.05, 0) is 12.0 Å².